The van der Waals surface area contributed by atoms with Crippen molar-refractivity contribution in [2.75, 3.05) is 0 Å². The zero-order valence-corrected chi connectivity index (χ0v) is 8.66. The van der Waals surface area contributed by atoms with E-state index in [1.54, 1.807) is 6.20 Å². The Balaban J connectivity index is 2.38. The monoisotopic (exact) mass is 203 g/mol. The molecule has 1 aliphatic carbocycles. The van der Waals surface area contributed by atoms with Crippen molar-refractivity contribution < 1.29 is 0 Å². The summed E-state index contributed by atoms with van der Waals surface area (Å²) in [4.78, 5) is 18.6. The van der Waals surface area contributed by atoms with Gasteiger partial charge in [0.25, 0.3) is 5.56 Å². The van der Waals surface area contributed by atoms with Crippen LogP contribution in [-0.4, -0.2) is 14.5 Å². The van der Waals surface area contributed by atoms with Crippen molar-refractivity contribution in [2.24, 2.45) is 0 Å². The highest BCUT2D eigenvalue weighted by Gasteiger charge is 2.27. The number of nitrogens with one attached hydrogen (secondary N) is 1. The molecule has 1 fully saturated rings. The molecule has 0 saturated heterocycles. The molecule has 2 aromatic heterocycles. The zero-order valence-electron chi connectivity index (χ0n) is 8.66. The first kappa shape index (κ1) is 8.71. The first-order chi connectivity index (χ1) is 7.31. The first-order valence-corrected chi connectivity index (χ1v) is 5.39. The Morgan fingerprint density at radius 2 is 2.40 bits per heavy atom. The van der Waals surface area contributed by atoms with Gasteiger partial charge >= 0.3 is 0 Å². The SMILES string of the molecule is CCc1nc2c(=O)[nH]ccc2n1C1CC1. The third-order valence-corrected chi connectivity index (χ3v) is 2.92. The predicted octanol–water partition coefficient (Wildman–Crippen LogP) is 1.62. The van der Waals surface area contributed by atoms with Crippen LogP contribution in [0.25, 0.3) is 11.0 Å². The van der Waals surface area contributed by atoms with Gasteiger partial charge in [-0.25, -0.2) is 4.98 Å². The van der Waals surface area contributed by atoms with Gasteiger partial charge in [-0.2, -0.15) is 0 Å². The highest BCUT2D eigenvalue weighted by molar-refractivity contribution is 5.74. The van der Waals surface area contributed by atoms with Gasteiger partial charge in [0.1, 0.15) is 5.82 Å². The van der Waals surface area contributed by atoms with Crippen LogP contribution in [0.3, 0.4) is 0 Å². The highest BCUT2D eigenvalue weighted by Crippen LogP contribution is 2.38. The molecule has 0 unspecified atom stereocenters. The molecule has 2 heterocycles. The van der Waals surface area contributed by atoms with Crippen molar-refractivity contribution in [1.82, 2.24) is 14.5 Å². The fraction of sp³-hybridized carbons (Fsp3) is 0.455. The lowest BCUT2D eigenvalue weighted by atomic mass is 10.4. The third kappa shape index (κ3) is 1.21. The number of pyridine rings is 1. The lowest BCUT2D eigenvalue weighted by Crippen LogP contribution is -2.04. The molecule has 0 amide bonds. The number of imidazole rings is 1. The molecule has 1 N–H and O–H groups in total. The molecule has 2 aromatic rings. The topological polar surface area (TPSA) is 50.7 Å². The number of nitrogens with zero attached hydrogens (tertiary/aromatic N) is 2. The zero-order chi connectivity index (χ0) is 10.4. The minimum atomic E-state index is -0.0819. The number of hydrogen-bond donors (Lipinski definition) is 1. The maximum atomic E-state index is 11.6. The highest BCUT2D eigenvalue weighted by atomic mass is 16.1. The van der Waals surface area contributed by atoms with Gasteiger partial charge in [0, 0.05) is 18.7 Å². The summed E-state index contributed by atoms with van der Waals surface area (Å²) in [5, 5.41) is 0. The van der Waals surface area contributed by atoms with Gasteiger partial charge in [-0.05, 0) is 18.9 Å². The number of H-pyrrole nitrogens is 1. The van der Waals surface area contributed by atoms with Gasteiger partial charge < -0.3 is 9.55 Å². The van der Waals surface area contributed by atoms with Crippen LogP contribution in [0.2, 0.25) is 0 Å². The molecule has 1 aliphatic rings. The van der Waals surface area contributed by atoms with Gasteiger partial charge in [-0.3, -0.25) is 4.79 Å². The lowest BCUT2D eigenvalue weighted by Gasteiger charge is -2.04. The van der Waals surface area contributed by atoms with E-state index in [2.05, 4.69) is 21.5 Å². The van der Waals surface area contributed by atoms with Gasteiger partial charge in [0.15, 0.2) is 5.52 Å². The molecule has 0 atom stereocenters. The summed E-state index contributed by atoms with van der Waals surface area (Å²) in [6.45, 7) is 2.08. The van der Waals surface area contributed by atoms with Crippen LogP contribution in [0.1, 0.15) is 31.6 Å². The Morgan fingerprint density at radius 3 is 3.07 bits per heavy atom. The Hall–Kier alpha value is -1.58. The largest absolute Gasteiger partial charge is 0.327 e. The maximum Gasteiger partial charge on any atom is 0.276 e. The van der Waals surface area contributed by atoms with E-state index in [1.807, 2.05) is 6.07 Å². The summed E-state index contributed by atoms with van der Waals surface area (Å²) in [6, 6.07) is 2.52. The normalized spacial score (nSPS) is 16.1. The van der Waals surface area contributed by atoms with Crippen LogP contribution in [-0.2, 0) is 6.42 Å². The fourth-order valence-electron chi connectivity index (χ4n) is 2.07. The molecule has 0 aromatic carbocycles. The van der Waals surface area contributed by atoms with Gasteiger partial charge in [0.2, 0.25) is 0 Å². The first-order valence-electron chi connectivity index (χ1n) is 5.39. The Kier molecular flexibility index (Phi) is 1.71. The molecular weight excluding hydrogens is 190 g/mol. The van der Waals surface area contributed by atoms with Crippen LogP contribution >= 0.6 is 0 Å². The number of fused-ring (bicyclic) bond motifs is 1. The number of hydrogen-bond acceptors (Lipinski definition) is 2. The quantitative estimate of drug-likeness (QED) is 0.806. The fourth-order valence-corrected chi connectivity index (χ4v) is 2.07. The van der Waals surface area contributed by atoms with Crippen LogP contribution in [0.5, 0.6) is 0 Å². The molecule has 0 radical (unpaired) electrons. The molecule has 0 spiro atoms. The summed E-state index contributed by atoms with van der Waals surface area (Å²) in [5.74, 6) is 1.03. The lowest BCUT2D eigenvalue weighted by molar-refractivity contribution is 0.708. The van der Waals surface area contributed by atoms with E-state index >= 15 is 0 Å². The van der Waals surface area contributed by atoms with E-state index in [0.29, 0.717) is 11.6 Å². The van der Waals surface area contributed by atoms with Crippen molar-refractivity contribution >= 4 is 11.0 Å². The van der Waals surface area contributed by atoms with Gasteiger partial charge in [-0.1, -0.05) is 6.92 Å². The van der Waals surface area contributed by atoms with Crippen molar-refractivity contribution in [3.8, 4) is 0 Å². The summed E-state index contributed by atoms with van der Waals surface area (Å²) in [7, 11) is 0. The number of aryl methyl sites for hydroxylation is 1. The van der Waals surface area contributed by atoms with E-state index in [-0.39, 0.29) is 5.56 Å². The molecular formula is C11H13N3O. The average molecular weight is 203 g/mol. The minimum Gasteiger partial charge on any atom is -0.327 e. The Labute approximate surface area is 87.0 Å². The summed E-state index contributed by atoms with van der Waals surface area (Å²) in [5.41, 5.74) is 1.49. The molecule has 3 rings (SSSR count). The van der Waals surface area contributed by atoms with E-state index in [1.165, 1.54) is 12.8 Å². The van der Waals surface area contributed by atoms with Crippen LogP contribution in [0.15, 0.2) is 17.1 Å². The van der Waals surface area contributed by atoms with E-state index in [9.17, 15) is 4.79 Å². The summed E-state index contributed by atoms with van der Waals surface area (Å²) < 4.78 is 2.23. The second-order valence-corrected chi connectivity index (χ2v) is 4.02. The van der Waals surface area contributed by atoms with E-state index < -0.39 is 0 Å². The van der Waals surface area contributed by atoms with E-state index in [0.717, 1.165) is 17.8 Å². The number of aromatic amines is 1. The smallest absolute Gasteiger partial charge is 0.276 e. The third-order valence-electron chi connectivity index (χ3n) is 2.92. The Morgan fingerprint density at radius 1 is 1.60 bits per heavy atom. The average Bonchev–Trinajstić information content (AvgIpc) is 3.00. The van der Waals surface area contributed by atoms with E-state index in [4.69, 9.17) is 0 Å². The van der Waals surface area contributed by atoms with Crippen molar-refractivity contribution in [3.63, 3.8) is 0 Å². The Bertz CT molecular complexity index is 563. The van der Waals surface area contributed by atoms with Crippen LogP contribution < -0.4 is 5.56 Å². The van der Waals surface area contributed by atoms with Gasteiger partial charge in [0.05, 0.1) is 5.52 Å². The second-order valence-electron chi connectivity index (χ2n) is 4.02. The summed E-state index contributed by atoms with van der Waals surface area (Å²) in [6.07, 6.45) is 5.01. The molecule has 78 valence electrons. The standard InChI is InChI=1S/C11H13N3O/c1-2-9-13-10-8(5-6-12-11(10)15)14(9)7-3-4-7/h5-7H,2-4H2,1H3,(H,12,15). The second kappa shape index (κ2) is 2.95. The predicted molar refractivity (Wildman–Crippen MR) is 58.0 cm³/mol. The van der Waals surface area contributed by atoms with Crippen LogP contribution in [0, 0.1) is 0 Å². The maximum absolute atomic E-state index is 11.6. The van der Waals surface area contributed by atoms with Crippen LogP contribution in [0.4, 0.5) is 0 Å². The van der Waals surface area contributed by atoms with Crippen molar-refractivity contribution in [1.29, 1.82) is 0 Å². The van der Waals surface area contributed by atoms with Gasteiger partial charge in [-0.15, -0.1) is 0 Å². The number of rotatable bonds is 2. The van der Waals surface area contributed by atoms with Crippen molar-refractivity contribution in [3.05, 3.63) is 28.4 Å². The number of aromatic nitrogens is 3. The molecule has 0 aliphatic heterocycles. The molecule has 4 heteroatoms. The minimum absolute atomic E-state index is 0.0819. The van der Waals surface area contributed by atoms with Crippen molar-refractivity contribution in [2.45, 2.75) is 32.2 Å². The molecule has 15 heavy (non-hydrogen) atoms. The molecule has 1 saturated carbocycles. The molecule has 4 nitrogen and oxygen atoms in total. The molecule has 0 bridgehead atoms. The summed E-state index contributed by atoms with van der Waals surface area (Å²) >= 11 is 0.